The van der Waals surface area contributed by atoms with Crippen molar-refractivity contribution < 1.29 is 5.11 Å². The number of piperazine rings is 1. The van der Waals surface area contributed by atoms with E-state index in [1.807, 2.05) is 0 Å². The molecule has 0 amide bonds. The summed E-state index contributed by atoms with van der Waals surface area (Å²) in [6.45, 7) is 8.59. The molecular formula is C8H19ClN2O. The highest BCUT2D eigenvalue weighted by Crippen LogP contribution is 2.14. The summed E-state index contributed by atoms with van der Waals surface area (Å²) >= 11 is 0. The zero-order valence-electron chi connectivity index (χ0n) is 7.84. The largest absolute Gasteiger partial charge is 0.395 e. The standard InChI is InChI=1S/C8H18N2O.ClH/c1-8(2)7-9-3-4-10(8)5-6-11;/h9,11H,3-7H2,1-2H3;1H. The Morgan fingerprint density at radius 2 is 2.17 bits per heavy atom. The molecule has 0 aliphatic carbocycles. The Bertz CT molecular complexity index is 128. The summed E-state index contributed by atoms with van der Waals surface area (Å²) < 4.78 is 0. The molecule has 74 valence electrons. The molecule has 0 unspecified atom stereocenters. The highest BCUT2D eigenvalue weighted by atomic mass is 35.5. The van der Waals surface area contributed by atoms with Crippen molar-refractivity contribution in [2.75, 3.05) is 32.8 Å². The fraction of sp³-hybridized carbons (Fsp3) is 1.00. The van der Waals surface area contributed by atoms with Gasteiger partial charge in [-0.3, -0.25) is 4.90 Å². The maximum atomic E-state index is 8.79. The lowest BCUT2D eigenvalue weighted by atomic mass is 10.0. The van der Waals surface area contributed by atoms with Gasteiger partial charge in [-0.1, -0.05) is 0 Å². The van der Waals surface area contributed by atoms with E-state index >= 15 is 0 Å². The maximum Gasteiger partial charge on any atom is 0.0558 e. The fourth-order valence-electron chi connectivity index (χ4n) is 1.56. The number of nitrogens with zero attached hydrogens (tertiary/aromatic N) is 1. The van der Waals surface area contributed by atoms with Crippen molar-refractivity contribution in [1.29, 1.82) is 0 Å². The topological polar surface area (TPSA) is 35.5 Å². The van der Waals surface area contributed by atoms with Crippen LogP contribution in [0.25, 0.3) is 0 Å². The van der Waals surface area contributed by atoms with Gasteiger partial charge in [0.2, 0.25) is 0 Å². The minimum absolute atomic E-state index is 0. The highest BCUT2D eigenvalue weighted by molar-refractivity contribution is 5.85. The van der Waals surface area contributed by atoms with E-state index in [-0.39, 0.29) is 24.6 Å². The monoisotopic (exact) mass is 194 g/mol. The summed E-state index contributed by atoms with van der Waals surface area (Å²) in [6.07, 6.45) is 0. The number of hydrogen-bond donors (Lipinski definition) is 2. The van der Waals surface area contributed by atoms with E-state index < -0.39 is 0 Å². The second-order valence-electron chi connectivity index (χ2n) is 3.70. The van der Waals surface area contributed by atoms with Crippen LogP contribution in [0.2, 0.25) is 0 Å². The average molecular weight is 195 g/mol. The third-order valence-corrected chi connectivity index (χ3v) is 2.34. The Kier molecular flexibility index (Phi) is 5.09. The molecule has 4 heteroatoms. The molecule has 0 aromatic carbocycles. The molecule has 0 atom stereocenters. The second kappa shape index (κ2) is 5.02. The summed E-state index contributed by atoms with van der Waals surface area (Å²) in [5.41, 5.74) is 0.209. The third kappa shape index (κ3) is 2.90. The van der Waals surface area contributed by atoms with Crippen molar-refractivity contribution in [2.45, 2.75) is 19.4 Å². The lowest BCUT2D eigenvalue weighted by molar-refractivity contribution is 0.0701. The number of nitrogens with one attached hydrogen (secondary N) is 1. The maximum absolute atomic E-state index is 8.79. The molecule has 1 rings (SSSR count). The molecule has 1 fully saturated rings. The lowest BCUT2D eigenvalue weighted by Crippen LogP contribution is -2.58. The van der Waals surface area contributed by atoms with Crippen LogP contribution in [-0.4, -0.2) is 48.3 Å². The van der Waals surface area contributed by atoms with Crippen LogP contribution in [-0.2, 0) is 0 Å². The number of hydrogen-bond acceptors (Lipinski definition) is 3. The number of halogens is 1. The van der Waals surface area contributed by atoms with Crippen molar-refractivity contribution >= 4 is 12.4 Å². The van der Waals surface area contributed by atoms with Crippen molar-refractivity contribution in [3.63, 3.8) is 0 Å². The highest BCUT2D eigenvalue weighted by Gasteiger charge is 2.28. The Morgan fingerprint density at radius 3 is 2.67 bits per heavy atom. The van der Waals surface area contributed by atoms with E-state index in [4.69, 9.17) is 5.11 Å². The zero-order valence-corrected chi connectivity index (χ0v) is 8.65. The van der Waals surface area contributed by atoms with Crippen molar-refractivity contribution in [2.24, 2.45) is 0 Å². The van der Waals surface area contributed by atoms with Gasteiger partial charge in [0.15, 0.2) is 0 Å². The Balaban J connectivity index is 0.00000121. The molecule has 0 saturated carbocycles. The predicted octanol–water partition coefficient (Wildman–Crippen LogP) is 0.0843. The fourth-order valence-corrected chi connectivity index (χ4v) is 1.56. The SMILES string of the molecule is CC1(C)CNCCN1CCO.Cl. The Hall–Kier alpha value is 0.170. The third-order valence-electron chi connectivity index (χ3n) is 2.34. The van der Waals surface area contributed by atoms with Crippen LogP contribution < -0.4 is 5.32 Å². The first kappa shape index (κ1) is 12.2. The second-order valence-corrected chi connectivity index (χ2v) is 3.70. The van der Waals surface area contributed by atoms with E-state index in [9.17, 15) is 0 Å². The molecule has 1 heterocycles. The molecule has 0 aromatic heterocycles. The smallest absolute Gasteiger partial charge is 0.0558 e. The summed E-state index contributed by atoms with van der Waals surface area (Å²) in [5.74, 6) is 0. The van der Waals surface area contributed by atoms with E-state index in [1.54, 1.807) is 0 Å². The normalized spacial score (nSPS) is 23.2. The minimum atomic E-state index is 0. The van der Waals surface area contributed by atoms with E-state index in [2.05, 4.69) is 24.1 Å². The van der Waals surface area contributed by atoms with Crippen LogP contribution in [0.5, 0.6) is 0 Å². The molecule has 2 N–H and O–H groups in total. The van der Waals surface area contributed by atoms with Gasteiger partial charge in [-0.15, -0.1) is 12.4 Å². The van der Waals surface area contributed by atoms with Gasteiger partial charge in [0, 0.05) is 31.7 Å². The molecule has 0 radical (unpaired) electrons. The summed E-state index contributed by atoms with van der Waals surface area (Å²) in [5, 5.41) is 12.1. The molecular weight excluding hydrogens is 176 g/mol. The molecule has 3 nitrogen and oxygen atoms in total. The number of aliphatic hydroxyl groups is 1. The quantitative estimate of drug-likeness (QED) is 0.654. The van der Waals surface area contributed by atoms with Crippen LogP contribution >= 0.6 is 12.4 Å². The summed E-state index contributed by atoms with van der Waals surface area (Å²) in [4.78, 5) is 2.32. The lowest BCUT2D eigenvalue weighted by Gasteiger charge is -2.42. The molecule has 1 aliphatic heterocycles. The van der Waals surface area contributed by atoms with Gasteiger partial charge in [0.25, 0.3) is 0 Å². The molecule has 0 aromatic rings. The number of aliphatic hydroxyl groups excluding tert-OH is 1. The van der Waals surface area contributed by atoms with Crippen LogP contribution in [0.15, 0.2) is 0 Å². The van der Waals surface area contributed by atoms with Crippen LogP contribution in [0.4, 0.5) is 0 Å². The first-order valence-corrected chi connectivity index (χ1v) is 4.23. The van der Waals surface area contributed by atoms with Crippen LogP contribution in [0.3, 0.4) is 0 Å². The average Bonchev–Trinajstić information content (AvgIpc) is 1.94. The van der Waals surface area contributed by atoms with Gasteiger partial charge in [0.05, 0.1) is 6.61 Å². The predicted molar refractivity (Wildman–Crippen MR) is 52.9 cm³/mol. The van der Waals surface area contributed by atoms with E-state index in [0.717, 1.165) is 26.2 Å². The van der Waals surface area contributed by atoms with Crippen LogP contribution in [0.1, 0.15) is 13.8 Å². The number of β-amino-alcohol motifs (C(OH)–C–C–N with tert-alkyl or cyclic N) is 1. The molecule has 1 aliphatic rings. The number of rotatable bonds is 2. The molecule has 0 spiro atoms. The molecule has 1 saturated heterocycles. The van der Waals surface area contributed by atoms with Gasteiger partial charge in [-0.25, -0.2) is 0 Å². The van der Waals surface area contributed by atoms with Crippen molar-refractivity contribution in [3.8, 4) is 0 Å². The van der Waals surface area contributed by atoms with Crippen LogP contribution in [0, 0.1) is 0 Å². The Labute approximate surface area is 80.5 Å². The van der Waals surface area contributed by atoms with Gasteiger partial charge in [0.1, 0.15) is 0 Å². The van der Waals surface area contributed by atoms with Gasteiger partial charge in [-0.2, -0.15) is 0 Å². The van der Waals surface area contributed by atoms with Gasteiger partial charge in [-0.05, 0) is 13.8 Å². The van der Waals surface area contributed by atoms with Gasteiger partial charge < -0.3 is 10.4 Å². The minimum Gasteiger partial charge on any atom is -0.395 e. The summed E-state index contributed by atoms with van der Waals surface area (Å²) in [7, 11) is 0. The Morgan fingerprint density at radius 1 is 1.50 bits per heavy atom. The first-order chi connectivity index (χ1) is 5.17. The van der Waals surface area contributed by atoms with E-state index in [0.29, 0.717) is 0 Å². The molecule has 12 heavy (non-hydrogen) atoms. The first-order valence-electron chi connectivity index (χ1n) is 4.23. The summed E-state index contributed by atoms with van der Waals surface area (Å²) in [6, 6.07) is 0. The zero-order chi connectivity index (χ0) is 8.32. The van der Waals surface area contributed by atoms with Gasteiger partial charge >= 0.3 is 0 Å². The molecule has 0 bridgehead atoms. The van der Waals surface area contributed by atoms with E-state index in [1.165, 1.54) is 0 Å². The van der Waals surface area contributed by atoms with Crippen molar-refractivity contribution in [1.82, 2.24) is 10.2 Å². The van der Waals surface area contributed by atoms with Crippen molar-refractivity contribution in [3.05, 3.63) is 0 Å².